The highest BCUT2D eigenvalue weighted by Gasteiger charge is 2.29. The molecule has 1 N–H and O–H groups in total. The highest BCUT2D eigenvalue weighted by molar-refractivity contribution is 9.10. The van der Waals surface area contributed by atoms with Crippen molar-refractivity contribution in [3.63, 3.8) is 0 Å². The summed E-state index contributed by atoms with van der Waals surface area (Å²) in [6.45, 7) is 7.94. The largest absolute Gasteiger partial charge is 0.508 e. The Labute approximate surface area is 118 Å². The Morgan fingerprint density at radius 3 is 2.83 bits per heavy atom. The van der Waals surface area contributed by atoms with Gasteiger partial charge in [-0.2, -0.15) is 0 Å². The van der Waals surface area contributed by atoms with Crippen LogP contribution in [-0.4, -0.2) is 22.6 Å². The number of phenols is 1. The smallest absolute Gasteiger partial charge is 0.120 e. The van der Waals surface area contributed by atoms with Gasteiger partial charge < -0.3 is 5.11 Å². The fraction of sp³-hybridized carbons (Fsp3) is 0.600. The number of hydrogen-bond donors (Lipinski definition) is 1. The summed E-state index contributed by atoms with van der Waals surface area (Å²) in [6, 6.07) is 6.53. The van der Waals surface area contributed by atoms with Gasteiger partial charge in [0.05, 0.1) is 0 Å². The van der Waals surface area contributed by atoms with Crippen molar-refractivity contribution in [3.8, 4) is 5.75 Å². The summed E-state index contributed by atoms with van der Waals surface area (Å²) in [5.74, 6) is 1.13. The monoisotopic (exact) mass is 311 g/mol. The summed E-state index contributed by atoms with van der Waals surface area (Å²) in [4.78, 5) is 2.51. The predicted octanol–water partition coefficient (Wildman–Crippen LogP) is 4.34. The van der Waals surface area contributed by atoms with Gasteiger partial charge in [0.15, 0.2) is 0 Å². The van der Waals surface area contributed by atoms with Crippen LogP contribution in [0, 0.1) is 5.92 Å². The van der Waals surface area contributed by atoms with Crippen LogP contribution in [0.4, 0.5) is 0 Å². The molecule has 2 nitrogen and oxygen atoms in total. The molecule has 3 atom stereocenters. The zero-order valence-corrected chi connectivity index (χ0v) is 12.9. The molecule has 3 unspecified atom stereocenters. The third-order valence-electron chi connectivity index (χ3n) is 4.36. The topological polar surface area (TPSA) is 23.5 Å². The van der Waals surface area contributed by atoms with E-state index in [2.05, 4.69) is 41.6 Å². The molecule has 1 fully saturated rings. The van der Waals surface area contributed by atoms with Gasteiger partial charge in [-0.25, -0.2) is 0 Å². The lowest BCUT2D eigenvalue weighted by Crippen LogP contribution is -2.43. The number of piperidine rings is 1. The van der Waals surface area contributed by atoms with E-state index in [-0.39, 0.29) is 6.04 Å². The van der Waals surface area contributed by atoms with E-state index < -0.39 is 0 Å². The zero-order chi connectivity index (χ0) is 13.3. The molecule has 0 aromatic heterocycles. The maximum Gasteiger partial charge on any atom is 0.120 e. The van der Waals surface area contributed by atoms with E-state index in [1.54, 1.807) is 6.07 Å². The second-order valence-electron chi connectivity index (χ2n) is 5.48. The molecule has 1 aromatic rings. The van der Waals surface area contributed by atoms with Crippen LogP contribution < -0.4 is 0 Å². The van der Waals surface area contributed by atoms with Crippen LogP contribution in [0.2, 0.25) is 0 Å². The highest BCUT2D eigenvalue weighted by Crippen LogP contribution is 2.35. The van der Waals surface area contributed by atoms with Gasteiger partial charge >= 0.3 is 0 Å². The van der Waals surface area contributed by atoms with Crippen molar-refractivity contribution in [2.75, 3.05) is 6.54 Å². The van der Waals surface area contributed by atoms with Gasteiger partial charge in [0.25, 0.3) is 0 Å². The Morgan fingerprint density at radius 1 is 1.39 bits per heavy atom. The van der Waals surface area contributed by atoms with Crippen LogP contribution in [0.15, 0.2) is 22.7 Å². The number of likely N-dealkylation sites (tertiary alicyclic amines) is 1. The van der Waals surface area contributed by atoms with E-state index in [4.69, 9.17) is 0 Å². The van der Waals surface area contributed by atoms with Crippen LogP contribution in [0.1, 0.15) is 45.2 Å². The fourth-order valence-electron chi connectivity index (χ4n) is 2.95. The Balaban J connectivity index is 2.24. The molecule has 0 saturated carbocycles. The lowest BCUT2D eigenvalue weighted by Gasteiger charge is -2.42. The normalized spacial score (nSPS) is 27.1. The van der Waals surface area contributed by atoms with Crippen LogP contribution >= 0.6 is 15.9 Å². The molecule has 1 aliphatic rings. The Kier molecular flexibility index (Phi) is 4.33. The van der Waals surface area contributed by atoms with Crippen molar-refractivity contribution in [1.29, 1.82) is 0 Å². The first-order chi connectivity index (χ1) is 8.50. The number of nitrogens with zero attached hydrogens (tertiary/aromatic N) is 1. The average molecular weight is 312 g/mol. The van der Waals surface area contributed by atoms with Crippen LogP contribution in [0.5, 0.6) is 5.75 Å². The zero-order valence-electron chi connectivity index (χ0n) is 11.4. The first kappa shape index (κ1) is 13.9. The second-order valence-corrected chi connectivity index (χ2v) is 6.39. The second kappa shape index (κ2) is 5.62. The molecule has 0 amide bonds. The molecule has 1 saturated heterocycles. The lowest BCUT2D eigenvalue weighted by atomic mass is 9.89. The fourth-order valence-corrected chi connectivity index (χ4v) is 3.33. The molecular formula is C15H22BrNO. The van der Waals surface area contributed by atoms with Gasteiger partial charge in [0.1, 0.15) is 5.75 Å². The van der Waals surface area contributed by atoms with Gasteiger partial charge in [0.2, 0.25) is 0 Å². The highest BCUT2D eigenvalue weighted by atomic mass is 79.9. The van der Waals surface area contributed by atoms with Crippen LogP contribution in [0.25, 0.3) is 0 Å². The van der Waals surface area contributed by atoms with E-state index >= 15 is 0 Å². The molecule has 1 heterocycles. The van der Waals surface area contributed by atoms with Crippen LogP contribution in [0.3, 0.4) is 0 Å². The molecule has 18 heavy (non-hydrogen) atoms. The number of benzene rings is 1. The van der Waals surface area contributed by atoms with Crippen molar-refractivity contribution in [2.45, 2.75) is 45.7 Å². The minimum absolute atomic E-state index is 0.264. The molecule has 1 aromatic carbocycles. The molecule has 3 heteroatoms. The van der Waals surface area contributed by atoms with Gasteiger partial charge in [-0.15, -0.1) is 0 Å². The third-order valence-corrected chi connectivity index (χ3v) is 4.85. The number of hydrogen-bond acceptors (Lipinski definition) is 2. The maximum atomic E-state index is 10.0. The summed E-state index contributed by atoms with van der Waals surface area (Å²) < 4.78 is 1.03. The predicted molar refractivity (Wildman–Crippen MR) is 78.8 cm³/mol. The summed E-state index contributed by atoms with van der Waals surface area (Å²) in [5, 5.41) is 10.0. The quantitative estimate of drug-likeness (QED) is 0.878. The van der Waals surface area contributed by atoms with Gasteiger partial charge in [-0.3, -0.25) is 4.90 Å². The molecule has 2 rings (SSSR count). The minimum Gasteiger partial charge on any atom is -0.508 e. The Hall–Kier alpha value is -0.540. The molecular weight excluding hydrogens is 290 g/mol. The number of rotatable bonds is 2. The SMILES string of the molecule is CC1CCCN(C(C)c2cc(Br)ccc2O)C1C. The van der Waals surface area contributed by atoms with Crippen molar-refractivity contribution >= 4 is 15.9 Å². The molecule has 100 valence electrons. The van der Waals surface area contributed by atoms with Crippen LogP contribution in [-0.2, 0) is 0 Å². The van der Waals surface area contributed by atoms with Crippen molar-refractivity contribution in [1.82, 2.24) is 4.90 Å². The van der Waals surface area contributed by atoms with Gasteiger partial charge in [0, 0.05) is 22.1 Å². The standard InChI is InChI=1S/C15H22BrNO/c1-10-5-4-8-17(11(10)2)12(3)14-9-13(16)6-7-15(14)18/h6-7,9-12,18H,4-5,8H2,1-3H3. The van der Waals surface area contributed by atoms with Gasteiger partial charge in [-0.05, 0) is 57.4 Å². The average Bonchev–Trinajstić information content (AvgIpc) is 2.35. The third kappa shape index (κ3) is 2.72. The minimum atomic E-state index is 0.264. The Bertz CT molecular complexity index is 421. The van der Waals surface area contributed by atoms with Gasteiger partial charge in [-0.1, -0.05) is 22.9 Å². The lowest BCUT2D eigenvalue weighted by molar-refractivity contribution is 0.0743. The molecule has 0 spiro atoms. The molecule has 0 aliphatic carbocycles. The molecule has 0 radical (unpaired) electrons. The summed E-state index contributed by atoms with van der Waals surface area (Å²) >= 11 is 3.49. The first-order valence-electron chi connectivity index (χ1n) is 6.75. The summed E-state index contributed by atoms with van der Waals surface area (Å²) in [6.07, 6.45) is 2.57. The number of aromatic hydroxyl groups is 1. The van der Waals surface area contributed by atoms with E-state index in [1.165, 1.54) is 12.8 Å². The van der Waals surface area contributed by atoms with Crippen molar-refractivity contribution in [2.24, 2.45) is 5.92 Å². The molecule has 1 aliphatic heterocycles. The Morgan fingerprint density at radius 2 is 2.11 bits per heavy atom. The maximum absolute atomic E-state index is 10.0. The van der Waals surface area contributed by atoms with E-state index in [0.717, 1.165) is 22.5 Å². The number of halogens is 1. The van der Waals surface area contributed by atoms with E-state index in [1.807, 2.05) is 12.1 Å². The summed E-state index contributed by atoms with van der Waals surface area (Å²) in [5.41, 5.74) is 1.02. The molecule has 0 bridgehead atoms. The van der Waals surface area contributed by atoms with Crippen molar-refractivity contribution in [3.05, 3.63) is 28.2 Å². The number of phenolic OH excluding ortho intramolecular Hbond substituents is 1. The first-order valence-corrected chi connectivity index (χ1v) is 7.54. The van der Waals surface area contributed by atoms with E-state index in [9.17, 15) is 5.11 Å². The van der Waals surface area contributed by atoms with E-state index in [0.29, 0.717) is 11.8 Å². The summed E-state index contributed by atoms with van der Waals surface area (Å²) in [7, 11) is 0. The van der Waals surface area contributed by atoms with Crippen molar-refractivity contribution < 1.29 is 5.11 Å².